The quantitative estimate of drug-likeness (QED) is 0.827. The van der Waals surface area contributed by atoms with Gasteiger partial charge in [-0.05, 0) is 6.07 Å². The fourth-order valence-electron chi connectivity index (χ4n) is 1.94. The van der Waals surface area contributed by atoms with Crippen molar-refractivity contribution >= 4 is 16.9 Å². The van der Waals surface area contributed by atoms with Crippen LogP contribution < -0.4 is 0 Å². The molecule has 0 saturated heterocycles. The molecule has 0 aliphatic carbocycles. The van der Waals surface area contributed by atoms with E-state index >= 15 is 0 Å². The number of carbonyl (C=O) groups is 1. The van der Waals surface area contributed by atoms with Crippen LogP contribution in [0.5, 0.6) is 0 Å². The zero-order valence-corrected chi connectivity index (χ0v) is 8.77. The summed E-state index contributed by atoms with van der Waals surface area (Å²) < 4.78 is 1.73. The number of fused-ring (bicyclic) bond motifs is 1. The van der Waals surface area contributed by atoms with Crippen LogP contribution in [0.3, 0.4) is 0 Å². The van der Waals surface area contributed by atoms with Gasteiger partial charge in [0, 0.05) is 23.5 Å². The van der Waals surface area contributed by atoms with Gasteiger partial charge in [0.15, 0.2) is 0 Å². The molecule has 0 spiro atoms. The van der Waals surface area contributed by atoms with Crippen LogP contribution in [-0.2, 0) is 18.3 Å². The fraction of sp³-hybridized carbons (Fsp3) is 0.167. The number of rotatable bonds is 2. The first-order valence-electron chi connectivity index (χ1n) is 4.83. The van der Waals surface area contributed by atoms with E-state index in [9.17, 15) is 4.79 Å². The molecule has 80 valence electrons. The fourth-order valence-corrected chi connectivity index (χ4v) is 1.94. The summed E-state index contributed by atoms with van der Waals surface area (Å²) in [6, 6.07) is 9.49. The van der Waals surface area contributed by atoms with Gasteiger partial charge in [-0.2, -0.15) is 5.26 Å². The number of nitrogens with zero attached hydrogens (tertiary/aromatic N) is 2. The summed E-state index contributed by atoms with van der Waals surface area (Å²) in [4.78, 5) is 10.8. The lowest BCUT2D eigenvalue weighted by Crippen LogP contribution is -2.02. The van der Waals surface area contributed by atoms with Crippen molar-refractivity contribution in [2.24, 2.45) is 7.05 Å². The average molecular weight is 214 g/mol. The highest BCUT2D eigenvalue weighted by Gasteiger charge is 2.16. The number of aromatic nitrogens is 1. The molecule has 0 aliphatic rings. The van der Waals surface area contributed by atoms with Gasteiger partial charge in [0.05, 0.1) is 6.42 Å². The summed E-state index contributed by atoms with van der Waals surface area (Å²) >= 11 is 0. The number of hydrogen-bond acceptors (Lipinski definition) is 2. The third-order valence-corrected chi connectivity index (χ3v) is 2.65. The first kappa shape index (κ1) is 10.2. The van der Waals surface area contributed by atoms with E-state index in [1.54, 1.807) is 11.6 Å². The average Bonchev–Trinajstić information content (AvgIpc) is 2.52. The van der Waals surface area contributed by atoms with Crippen molar-refractivity contribution in [2.45, 2.75) is 6.42 Å². The Balaban J connectivity index is 2.79. The molecule has 2 rings (SSSR count). The molecule has 0 radical (unpaired) electrons. The van der Waals surface area contributed by atoms with Gasteiger partial charge in [-0.3, -0.25) is 4.79 Å². The van der Waals surface area contributed by atoms with Crippen LogP contribution in [0.15, 0.2) is 24.3 Å². The second-order valence-corrected chi connectivity index (χ2v) is 3.59. The van der Waals surface area contributed by atoms with Gasteiger partial charge in [-0.1, -0.05) is 18.2 Å². The van der Waals surface area contributed by atoms with Crippen molar-refractivity contribution in [1.82, 2.24) is 4.57 Å². The summed E-state index contributed by atoms with van der Waals surface area (Å²) in [5.74, 6) is -0.923. The Hall–Kier alpha value is -2.28. The molecule has 1 heterocycles. The van der Waals surface area contributed by atoms with Crippen LogP contribution in [0, 0.1) is 11.3 Å². The topological polar surface area (TPSA) is 66.0 Å². The second kappa shape index (κ2) is 3.70. The lowest BCUT2D eigenvalue weighted by molar-refractivity contribution is -0.136. The highest BCUT2D eigenvalue weighted by molar-refractivity contribution is 5.90. The molecule has 0 atom stereocenters. The number of carboxylic acids is 1. The van der Waals surface area contributed by atoms with Gasteiger partial charge in [0.25, 0.3) is 0 Å². The van der Waals surface area contributed by atoms with Crippen LogP contribution in [0.1, 0.15) is 11.3 Å². The maximum atomic E-state index is 10.8. The lowest BCUT2D eigenvalue weighted by Gasteiger charge is -1.96. The molecule has 0 unspecified atom stereocenters. The molecular weight excluding hydrogens is 204 g/mol. The molecule has 0 bridgehead atoms. The Labute approximate surface area is 92.3 Å². The number of hydrogen-bond donors (Lipinski definition) is 1. The third-order valence-electron chi connectivity index (χ3n) is 2.65. The van der Waals surface area contributed by atoms with E-state index in [-0.39, 0.29) is 6.42 Å². The Bertz CT molecular complexity index is 605. The maximum Gasteiger partial charge on any atom is 0.307 e. The molecule has 0 amide bonds. The van der Waals surface area contributed by atoms with Crippen LogP contribution in [0.25, 0.3) is 10.9 Å². The van der Waals surface area contributed by atoms with Crippen LogP contribution in [-0.4, -0.2) is 15.6 Å². The number of para-hydroxylation sites is 1. The summed E-state index contributed by atoms with van der Waals surface area (Å²) in [5, 5.41) is 18.7. The van der Waals surface area contributed by atoms with Crippen molar-refractivity contribution in [3.8, 4) is 6.07 Å². The van der Waals surface area contributed by atoms with Crippen molar-refractivity contribution < 1.29 is 9.90 Å². The lowest BCUT2D eigenvalue weighted by atomic mass is 10.1. The van der Waals surface area contributed by atoms with Crippen LogP contribution in [0.4, 0.5) is 0 Å². The number of nitriles is 1. The van der Waals surface area contributed by atoms with Crippen LogP contribution >= 0.6 is 0 Å². The second-order valence-electron chi connectivity index (χ2n) is 3.59. The van der Waals surface area contributed by atoms with Gasteiger partial charge in [-0.15, -0.1) is 0 Å². The van der Waals surface area contributed by atoms with Gasteiger partial charge in [0.2, 0.25) is 0 Å². The molecule has 0 saturated carbocycles. The van der Waals surface area contributed by atoms with E-state index in [2.05, 4.69) is 6.07 Å². The van der Waals surface area contributed by atoms with Crippen molar-refractivity contribution in [3.05, 3.63) is 35.5 Å². The first-order valence-corrected chi connectivity index (χ1v) is 4.83. The molecule has 1 N–H and O–H groups in total. The molecule has 2 aromatic rings. The Morgan fingerprint density at radius 3 is 2.81 bits per heavy atom. The minimum Gasteiger partial charge on any atom is -0.481 e. The maximum absolute atomic E-state index is 10.8. The predicted molar refractivity (Wildman–Crippen MR) is 59.0 cm³/mol. The highest BCUT2D eigenvalue weighted by atomic mass is 16.4. The van der Waals surface area contributed by atoms with E-state index in [1.165, 1.54) is 0 Å². The molecule has 4 heteroatoms. The normalized spacial score (nSPS) is 10.2. The largest absolute Gasteiger partial charge is 0.481 e. The van der Waals surface area contributed by atoms with Crippen LogP contribution in [0.2, 0.25) is 0 Å². The first-order chi connectivity index (χ1) is 7.65. The molecule has 1 aromatic heterocycles. The zero-order chi connectivity index (χ0) is 11.7. The Morgan fingerprint density at radius 1 is 1.50 bits per heavy atom. The Kier molecular flexibility index (Phi) is 2.37. The summed E-state index contributed by atoms with van der Waals surface area (Å²) in [5.41, 5.74) is 1.90. The molecule has 0 fully saturated rings. The number of aliphatic carboxylic acids is 1. The highest BCUT2D eigenvalue weighted by Crippen LogP contribution is 2.25. The van der Waals surface area contributed by atoms with E-state index < -0.39 is 5.97 Å². The summed E-state index contributed by atoms with van der Waals surface area (Å²) in [7, 11) is 1.77. The molecule has 1 aromatic carbocycles. The van der Waals surface area contributed by atoms with Gasteiger partial charge in [0.1, 0.15) is 11.8 Å². The minimum absolute atomic E-state index is 0.121. The standard InChI is InChI=1S/C12H10N2O2/c1-14-10-5-3-2-4-8(10)9(6-12(15)16)11(14)7-13/h2-5H,6H2,1H3,(H,15,16). The van der Waals surface area contributed by atoms with E-state index in [4.69, 9.17) is 10.4 Å². The van der Waals surface area contributed by atoms with Gasteiger partial charge in [-0.25, -0.2) is 0 Å². The van der Waals surface area contributed by atoms with Gasteiger partial charge < -0.3 is 9.67 Å². The summed E-state index contributed by atoms with van der Waals surface area (Å²) in [6.45, 7) is 0. The zero-order valence-electron chi connectivity index (χ0n) is 8.77. The Morgan fingerprint density at radius 2 is 2.19 bits per heavy atom. The molecule has 0 aliphatic heterocycles. The van der Waals surface area contributed by atoms with E-state index in [0.717, 1.165) is 10.9 Å². The van der Waals surface area contributed by atoms with Crippen molar-refractivity contribution in [3.63, 3.8) is 0 Å². The molecule has 4 nitrogen and oxygen atoms in total. The predicted octanol–water partition coefficient (Wildman–Crippen LogP) is 1.68. The number of carboxylic acid groups (broad SMARTS) is 1. The van der Waals surface area contributed by atoms with Crippen molar-refractivity contribution in [1.29, 1.82) is 5.26 Å². The van der Waals surface area contributed by atoms with Crippen molar-refractivity contribution in [2.75, 3.05) is 0 Å². The monoisotopic (exact) mass is 214 g/mol. The molecular formula is C12H10N2O2. The number of aryl methyl sites for hydroxylation is 1. The molecule has 16 heavy (non-hydrogen) atoms. The minimum atomic E-state index is -0.923. The summed E-state index contributed by atoms with van der Waals surface area (Å²) in [6.07, 6.45) is -0.121. The van der Waals surface area contributed by atoms with E-state index in [0.29, 0.717) is 11.3 Å². The van der Waals surface area contributed by atoms with Gasteiger partial charge >= 0.3 is 5.97 Å². The number of benzene rings is 1. The van der Waals surface area contributed by atoms with E-state index in [1.807, 2.05) is 24.3 Å². The SMILES string of the molecule is Cn1c(C#N)c(CC(=O)O)c2ccccc21. The third kappa shape index (κ3) is 1.43. The smallest absolute Gasteiger partial charge is 0.307 e.